The van der Waals surface area contributed by atoms with Crippen molar-refractivity contribution in [3.8, 4) is 11.5 Å². The molecular weight excluding hydrogens is 464 g/mol. The molecule has 0 radical (unpaired) electrons. The van der Waals surface area contributed by atoms with E-state index in [0.29, 0.717) is 22.5 Å². The van der Waals surface area contributed by atoms with Gasteiger partial charge in [-0.15, -0.1) is 0 Å². The van der Waals surface area contributed by atoms with Crippen LogP contribution in [0.4, 0.5) is 16.2 Å². The summed E-state index contributed by atoms with van der Waals surface area (Å²) in [4.78, 5) is 17.5. The maximum absolute atomic E-state index is 12.5. The quantitative estimate of drug-likeness (QED) is 0.533. The molecule has 0 atom stereocenters. The minimum Gasteiger partial charge on any atom is -0.495 e. The first-order valence-electron chi connectivity index (χ1n) is 12.6. The van der Waals surface area contributed by atoms with Gasteiger partial charge >= 0.3 is 6.03 Å². The monoisotopic (exact) mass is 500 g/mol. The zero-order valence-electron chi connectivity index (χ0n) is 20.9. The van der Waals surface area contributed by atoms with Gasteiger partial charge in [0.1, 0.15) is 11.5 Å². The van der Waals surface area contributed by atoms with Crippen LogP contribution in [0.5, 0.6) is 11.5 Å². The number of para-hydroxylation sites is 2. The Morgan fingerprint density at radius 2 is 1.71 bits per heavy atom. The number of rotatable bonds is 7. The summed E-state index contributed by atoms with van der Waals surface area (Å²) in [6, 6.07) is 14.2. The van der Waals surface area contributed by atoms with Crippen LogP contribution in [0, 0.1) is 0 Å². The number of hydrogen-bond acceptors (Lipinski definition) is 5. The van der Waals surface area contributed by atoms with E-state index in [1.54, 1.807) is 25.3 Å². The molecule has 0 aromatic heterocycles. The van der Waals surface area contributed by atoms with Crippen LogP contribution in [0.15, 0.2) is 42.5 Å². The van der Waals surface area contributed by atoms with Crippen molar-refractivity contribution in [3.05, 3.63) is 47.5 Å². The molecule has 190 valence electrons. The Labute approximate surface area is 213 Å². The number of nitrogens with one attached hydrogen (secondary N) is 2. The van der Waals surface area contributed by atoms with Crippen LogP contribution < -0.4 is 25.0 Å². The molecule has 2 amide bonds. The number of carbonyl (C=O) groups excluding carboxylic acids is 1. The maximum Gasteiger partial charge on any atom is 0.319 e. The third kappa shape index (κ3) is 6.73. The standard InChI is InChI=1S/C27H37ClN4O3/c1-19(2)35-26-7-5-4-6-24(26)32-16-14-31(15-17-32)22-11-8-20(9-12-22)29-27(33)30-21-10-13-25(34-3)23(28)18-21/h4-7,10,13,18-20,22H,8-9,11-12,14-17H2,1-3H3,(H2,29,30,33)/t20-,22-. The summed E-state index contributed by atoms with van der Waals surface area (Å²) in [5, 5.41) is 6.47. The zero-order valence-corrected chi connectivity index (χ0v) is 21.7. The molecule has 1 saturated carbocycles. The van der Waals surface area contributed by atoms with Crippen LogP contribution >= 0.6 is 11.6 Å². The molecule has 1 aliphatic carbocycles. The number of ether oxygens (including phenoxy) is 2. The Hall–Kier alpha value is -2.64. The van der Waals surface area contributed by atoms with Crippen molar-refractivity contribution in [2.45, 2.75) is 57.7 Å². The van der Waals surface area contributed by atoms with Crippen molar-refractivity contribution in [2.75, 3.05) is 43.5 Å². The van der Waals surface area contributed by atoms with E-state index < -0.39 is 0 Å². The molecule has 2 aliphatic rings. The number of benzene rings is 2. The van der Waals surface area contributed by atoms with Crippen LogP contribution in [-0.2, 0) is 0 Å². The molecule has 0 unspecified atom stereocenters. The van der Waals surface area contributed by atoms with E-state index in [-0.39, 0.29) is 18.2 Å². The fourth-order valence-corrected chi connectivity index (χ4v) is 5.34. The summed E-state index contributed by atoms with van der Waals surface area (Å²) >= 11 is 6.16. The normalized spacial score (nSPS) is 21.0. The minimum atomic E-state index is -0.189. The molecular formula is C27H37ClN4O3. The number of halogens is 1. The minimum absolute atomic E-state index is 0.164. The number of hydrogen-bond donors (Lipinski definition) is 2. The second kappa shape index (κ2) is 11.9. The van der Waals surface area contributed by atoms with Crippen molar-refractivity contribution in [2.24, 2.45) is 0 Å². The molecule has 2 N–H and O–H groups in total. The van der Waals surface area contributed by atoms with Crippen LogP contribution in [-0.4, -0.2) is 62.4 Å². The summed E-state index contributed by atoms with van der Waals surface area (Å²) in [5.74, 6) is 1.56. The predicted octanol–water partition coefficient (Wildman–Crippen LogP) is 5.39. The number of urea groups is 1. The molecule has 8 heteroatoms. The van der Waals surface area contributed by atoms with Crippen molar-refractivity contribution >= 4 is 29.0 Å². The van der Waals surface area contributed by atoms with Gasteiger partial charge in [-0.3, -0.25) is 4.90 Å². The van der Waals surface area contributed by atoms with Gasteiger partial charge in [0.05, 0.1) is 23.9 Å². The van der Waals surface area contributed by atoms with Crippen LogP contribution in [0.3, 0.4) is 0 Å². The fraction of sp³-hybridized carbons (Fsp3) is 0.519. The molecule has 2 fully saturated rings. The lowest BCUT2D eigenvalue weighted by Crippen LogP contribution is -2.52. The predicted molar refractivity (Wildman–Crippen MR) is 142 cm³/mol. The molecule has 2 aromatic rings. The lowest BCUT2D eigenvalue weighted by molar-refractivity contribution is 0.137. The number of nitrogens with zero attached hydrogens (tertiary/aromatic N) is 2. The van der Waals surface area contributed by atoms with E-state index in [0.717, 1.165) is 57.6 Å². The molecule has 0 bridgehead atoms. The van der Waals surface area contributed by atoms with Gasteiger partial charge in [0, 0.05) is 44.0 Å². The highest BCUT2D eigenvalue weighted by Crippen LogP contribution is 2.31. The van der Waals surface area contributed by atoms with Crippen LogP contribution in [0.2, 0.25) is 5.02 Å². The molecule has 35 heavy (non-hydrogen) atoms. The zero-order chi connectivity index (χ0) is 24.8. The third-order valence-corrected chi connectivity index (χ3v) is 7.14. The highest BCUT2D eigenvalue weighted by molar-refractivity contribution is 6.32. The molecule has 1 aliphatic heterocycles. The van der Waals surface area contributed by atoms with Gasteiger partial charge in [0.2, 0.25) is 0 Å². The van der Waals surface area contributed by atoms with Crippen molar-refractivity contribution in [1.29, 1.82) is 0 Å². The molecule has 4 rings (SSSR count). The first-order chi connectivity index (χ1) is 16.9. The third-order valence-electron chi connectivity index (χ3n) is 6.84. The van der Waals surface area contributed by atoms with E-state index >= 15 is 0 Å². The molecule has 0 spiro atoms. The average molecular weight is 501 g/mol. The number of anilines is 2. The first-order valence-corrected chi connectivity index (χ1v) is 13.0. The summed E-state index contributed by atoms with van der Waals surface area (Å²) in [5.41, 5.74) is 1.85. The van der Waals surface area contributed by atoms with E-state index in [1.165, 1.54) is 5.69 Å². The van der Waals surface area contributed by atoms with E-state index in [1.807, 2.05) is 6.07 Å². The van der Waals surface area contributed by atoms with Gasteiger partial charge in [-0.25, -0.2) is 4.79 Å². The lowest BCUT2D eigenvalue weighted by atomic mass is 9.90. The number of methoxy groups -OCH3 is 1. The van der Waals surface area contributed by atoms with Crippen molar-refractivity contribution in [3.63, 3.8) is 0 Å². The lowest BCUT2D eigenvalue weighted by Gasteiger charge is -2.43. The van der Waals surface area contributed by atoms with E-state index in [4.69, 9.17) is 21.1 Å². The van der Waals surface area contributed by atoms with Crippen molar-refractivity contribution in [1.82, 2.24) is 10.2 Å². The number of amides is 2. The Balaban J connectivity index is 1.21. The smallest absolute Gasteiger partial charge is 0.319 e. The summed E-state index contributed by atoms with van der Waals surface area (Å²) in [6.45, 7) is 8.25. The fourth-order valence-electron chi connectivity index (χ4n) is 5.08. The Kier molecular flexibility index (Phi) is 8.63. The summed E-state index contributed by atoms with van der Waals surface area (Å²) in [7, 11) is 1.57. The van der Waals surface area contributed by atoms with E-state index in [9.17, 15) is 4.79 Å². The van der Waals surface area contributed by atoms with Gasteiger partial charge in [-0.2, -0.15) is 0 Å². The van der Waals surface area contributed by atoms with Gasteiger partial charge in [-0.05, 0) is 69.9 Å². The summed E-state index contributed by atoms with van der Waals surface area (Å²) in [6.07, 6.45) is 4.36. The number of carbonyl (C=O) groups is 1. The van der Waals surface area contributed by atoms with Gasteiger partial charge in [0.25, 0.3) is 0 Å². The second-order valence-electron chi connectivity index (χ2n) is 9.61. The average Bonchev–Trinajstić information content (AvgIpc) is 2.85. The highest BCUT2D eigenvalue weighted by atomic mass is 35.5. The number of piperazine rings is 1. The van der Waals surface area contributed by atoms with Gasteiger partial charge in [-0.1, -0.05) is 23.7 Å². The Morgan fingerprint density at radius 1 is 1.00 bits per heavy atom. The van der Waals surface area contributed by atoms with Crippen molar-refractivity contribution < 1.29 is 14.3 Å². The Morgan fingerprint density at radius 3 is 2.37 bits per heavy atom. The maximum atomic E-state index is 12.5. The summed E-state index contributed by atoms with van der Waals surface area (Å²) < 4.78 is 11.2. The van der Waals surface area contributed by atoms with Crippen LogP contribution in [0.1, 0.15) is 39.5 Å². The molecule has 1 heterocycles. The SMILES string of the molecule is COc1ccc(NC(=O)N[C@H]2CC[C@H](N3CCN(c4ccccc4OC(C)C)CC3)CC2)cc1Cl. The van der Waals surface area contributed by atoms with E-state index in [2.05, 4.69) is 52.5 Å². The topological polar surface area (TPSA) is 66.1 Å². The first kappa shape index (κ1) is 25.5. The Bertz CT molecular complexity index is 986. The molecule has 1 saturated heterocycles. The van der Waals surface area contributed by atoms with Gasteiger partial charge in [0.15, 0.2) is 0 Å². The molecule has 7 nitrogen and oxygen atoms in total. The highest BCUT2D eigenvalue weighted by Gasteiger charge is 2.29. The van der Waals surface area contributed by atoms with Crippen LogP contribution in [0.25, 0.3) is 0 Å². The largest absolute Gasteiger partial charge is 0.495 e. The molecule has 2 aromatic carbocycles. The van der Waals surface area contributed by atoms with Gasteiger partial charge < -0.3 is 25.0 Å². The second-order valence-corrected chi connectivity index (χ2v) is 10.0.